The van der Waals surface area contributed by atoms with Crippen LogP contribution in [0.5, 0.6) is 0 Å². The Kier molecular flexibility index (Phi) is 3.90. The fourth-order valence-corrected chi connectivity index (χ4v) is 2.57. The highest BCUT2D eigenvalue weighted by molar-refractivity contribution is 7.92. The number of halogens is 1. The van der Waals surface area contributed by atoms with E-state index < -0.39 is 21.8 Å². The van der Waals surface area contributed by atoms with Crippen molar-refractivity contribution in [3.63, 3.8) is 0 Å². The Bertz CT molecular complexity index is 806. The summed E-state index contributed by atoms with van der Waals surface area (Å²) in [5.74, 6) is -2.01. The first-order chi connectivity index (χ1) is 9.79. The fraction of sp³-hybridized carbons (Fsp3) is 0.0769. The van der Waals surface area contributed by atoms with Crippen molar-refractivity contribution in [1.82, 2.24) is 4.98 Å². The molecule has 0 bridgehead atoms. The number of pyridine rings is 1. The first-order valence-electron chi connectivity index (χ1n) is 5.78. The molecule has 0 unspecified atom stereocenters. The number of aryl methyl sites for hydroxylation is 1. The van der Waals surface area contributed by atoms with Crippen LogP contribution >= 0.6 is 0 Å². The zero-order valence-corrected chi connectivity index (χ0v) is 11.7. The minimum atomic E-state index is -4.04. The number of carboxylic acids is 1. The molecule has 0 saturated heterocycles. The van der Waals surface area contributed by atoms with Crippen molar-refractivity contribution < 1.29 is 22.7 Å². The third kappa shape index (κ3) is 3.34. The Morgan fingerprint density at radius 2 is 2.00 bits per heavy atom. The van der Waals surface area contributed by atoms with Crippen LogP contribution in [0.3, 0.4) is 0 Å². The van der Waals surface area contributed by atoms with Crippen LogP contribution < -0.4 is 4.72 Å². The summed E-state index contributed by atoms with van der Waals surface area (Å²) in [6, 6.07) is 5.78. The highest BCUT2D eigenvalue weighted by Gasteiger charge is 2.17. The van der Waals surface area contributed by atoms with E-state index in [1.54, 1.807) is 0 Å². The van der Waals surface area contributed by atoms with Gasteiger partial charge in [-0.2, -0.15) is 0 Å². The lowest BCUT2D eigenvalue weighted by Crippen LogP contribution is -2.14. The molecule has 2 rings (SSSR count). The van der Waals surface area contributed by atoms with Crippen LogP contribution in [0.1, 0.15) is 15.9 Å². The zero-order chi connectivity index (χ0) is 15.6. The molecule has 110 valence electrons. The number of carbonyl (C=O) groups is 1. The van der Waals surface area contributed by atoms with Crippen LogP contribution in [0.4, 0.5) is 10.2 Å². The quantitative estimate of drug-likeness (QED) is 0.900. The maximum Gasteiger partial charge on any atom is 0.335 e. The molecule has 0 aliphatic carbocycles. The molecule has 0 fully saturated rings. The Balaban J connectivity index is 2.35. The maximum absolute atomic E-state index is 13.4. The Morgan fingerprint density at radius 3 is 2.62 bits per heavy atom. The first-order valence-corrected chi connectivity index (χ1v) is 7.26. The van der Waals surface area contributed by atoms with E-state index in [-0.39, 0.29) is 16.3 Å². The fourth-order valence-electron chi connectivity index (χ4n) is 1.56. The van der Waals surface area contributed by atoms with Crippen LogP contribution in [0.25, 0.3) is 0 Å². The number of carboxylic acid groups (broad SMARTS) is 1. The lowest BCUT2D eigenvalue weighted by molar-refractivity contribution is 0.0697. The van der Waals surface area contributed by atoms with Gasteiger partial charge in [0.1, 0.15) is 11.6 Å². The third-order valence-electron chi connectivity index (χ3n) is 2.70. The lowest BCUT2D eigenvalue weighted by atomic mass is 10.2. The molecule has 0 spiro atoms. The molecule has 8 heteroatoms. The number of aromatic carboxylic acids is 1. The van der Waals surface area contributed by atoms with Crippen molar-refractivity contribution >= 4 is 21.8 Å². The maximum atomic E-state index is 13.4. The van der Waals surface area contributed by atoms with Crippen LogP contribution in [0.15, 0.2) is 41.4 Å². The molecule has 2 aromatic rings. The van der Waals surface area contributed by atoms with Crippen molar-refractivity contribution in [1.29, 1.82) is 0 Å². The number of nitrogens with zero attached hydrogens (tertiary/aromatic N) is 1. The van der Waals surface area contributed by atoms with E-state index in [9.17, 15) is 17.6 Å². The van der Waals surface area contributed by atoms with E-state index in [1.165, 1.54) is 25.1 Å². The second-order valence-electron chi connectivity index (χ2n) is 4.25. The van der Waals surface area contributed by atoms with Crippen molar-refractivity contribution in [2.24, 2.45) is 0 Å². The molecule has 0 amide bonds. The number of benzene rings is 1. The SMILES string of the molecule is Cc1ccc(S(=O)(=O)Nc2cc(C(=O)O)ccn2)cc1F. The molecule has 0 saturated carbocycles. The molecule has 1 heterocycles. The van der Waals surface area contributed by atoms with Gasteiger partial charge in [0.05, 0.1) is 10.5 Å². The molecule has 0 aliphatic rings. The molecule has 1 aromatic carbocycles. The summed E-state index contributed by atoms with van der Waals surface area (Å²) in [6.07, 6.45) is 1.16. The summed E-state index contributed by atoms with van der Waals surface area (Å²) in [7, 11) is -4.04. The summed E-state index contributed by atoms with van der Waals surface area (Å²) < 4.78 is 39.7. The number of rotatable bonds is 4. The van der Waals surface area contributed by atoms with E-state index in [0.717, 1.165) is 18.3 Å². The highest BCUT2D eigenvalue weighted by Crippen LogP contribution is 2.18. The van der Waals surface area contributed by atoms with Gasteiger partial charge in [-0.1, -0.05) is 6.07 Å². The monoisotopic (exact) mass is 310 g/mol. The molecule has 21 heavy (non-hydrogen) atoms. The van der Waals surface area contributed by atoms with E-state index in [4.69, 9.17) is 5.11 Å². The molecular formula is C13H11FN2O4S. The number of hydrogen-bond acceptors (Lipinski definition) is 4. The van der Waals surface area contributed by atoms with Crippen molar-refractivity contribution in [3.8, 4) is 0 Å². The number of sulfonamides is 1. The summed E-state index contributed by atoms with van der Waals surface area (Å²) in [5.41, 5.74) is 0.206. The van der Waals surface area contributed by atoms with Gasteiger partial charge < -0.3 is 5.11 Å². The number of aromatic nitrogens is 1. The van der Waals surface area contributed by atoms with Crippen molar-refractivity contribution in [2.75, 3.05) is 4.72 Å². The van der Waals surface area contributed by atoms with E-state index >= 15 is 0 Å². The molecule has 0 aliphatic heterocycles. The van der Waals surface area contributed by atoms with E-state index in [1.807, 2.05) is 0 Å². The second kappa shape index (κ2) is 5.49. The van der Waals surface area contributed by atoms with Gasteiger partial charge in [0.25, 0.3) is 10.0 Å². The third-order valence-corrected chi connectivity index (χ3v) is 4.05. The van der Waals surface area contributed by atoms with Crippen LogP contribution in [-0.4, -0.2) is 24.5 Å². The van der Waals surface area contributed by atoms with Crippen LogP contribution in [0, 0.1) is 12.7 Å². The van der Waals surface area contributed by atoms with Crippen molar-refractivity contribution in [3.05, 3.63) is 53.5 Å². The molecule has 2 N–H and O–H groups in total. The van der Waals surface area contributed by atoms with Gasteiger partial charge in [-0.3, -0.25) is 4.72 Å². The minimum absolute atomic E-state index is 0.113. The molecule has 1 aromatic heterocycles. The first kappa shape index (κ1) is 14.9. The predicted octanol–water partition coefficient (Wildman–Crippen LogP) is 2.03. The number of hydrogen-bond donors (Lipinski definition) is 2. The van der Waals surface area contributed by atoms with Crippen LogP contribution in [0.2, 0.25) is 0 Å². The average Bonchev–Trinajstić information content (AvgIpc) is 2.41. The van der Waals surface area contributed by atoms with Gasteiger partial charge in [0.2, 0.25) is 0 Å². The normalized spacial score (nSPS) is 11.1. The molecule has 6 nitrogen and oxygen atoms in total. The predicted molar refractivity (Wildman–Crippen MR) is 73.1 cm³/mol. The Morgan fingerprint density at radius 1 is 1.29 bits per heavy atom. The van der Waals surface area contributed by atoms with Gasteiger partial charge in [-0.25, -0.2) is 22.6 Å². The lowest BCUT2D eigenvalue weighted by Gasteiger charge is -2.08. The van der Waals surface area contributed by atoms with Crippen LogP contribution in [-0.2, 0) is 10.0 Å². The Hall–Kier alpha value is -2.48. The average molecular weight is 310 g/mol. The van der Waals surface area contributed by atoms with Gasteiger partial charge in [0.15, 0.2) is 0 Å². The standard InChI is InChI=1S/C13H11FN2O4S/c1-8-2-3-10(7-11(8)14)21(19,20)16-12-6-9(13(17)18)4-5-15-12/h2-7H,1H3,(H,15,16)(H,17,18). The smallest absolute Gasteiger partial charge is 0.335 e. The summed E-state index contributed by atoms with van der Waals surface area (Å²) >= 11 is 0. The number of anilines is 1. The van der Waals surface area contributed by atoms with Crippen molar-refractivity contribution in [2.45, 2.75) is 11.8 Å². The molecular weight excluding hydrogens is 299 g/mol. The van der Waals surface area contributed by atoms with Gasteiger partial charge in [0, 0.05) is 6.20 Å². The topological polar surface area (TPSA) is 96.4 Å². The summed E-state index contributed by atoms with van der Waals surface area (Å²) in [4.78, 5) is 14.3. The highest BCUT2D eigenvalue weighted by atomic mass is 32.2. The minimum Gasteiger partial charge on any atom is -0.478 e. The Labute approximate surface area is 120 Å². The summed E-state index contributed by atoms with van der Waals surface area (Å²) in [5, 5.41) is 8.84. The zero-order valence-electron chi connectivity index (χ0n) is 10.9. The van der Waals surface area contributed by atoms with E-state index in [2.05, 4.69) is 9.71 Å². The second-order valence-corrected chi connectivity index (χ2v) is 5.93. The molecule has 0 atom stereocenters. The largest absolute Gasteiger partial charge is 0.478 e. The van der Waals surface area contributed by atoms with Gasteiger partial charge in [-0.15, -0.1) is 0 Å². The van der Waals surface area contributed by atoms with Gasteiger partial charge in [-0.05, 0) is 36.8 Å². The van der Waals surface area contributed by atoms with E-state index in [0.29, 0.717) is 5.56 Å². The van der Waals surface area contributed by atoms with Gasteiger partial charge >= 0.3 is 5.97 Å². The number of nitrogens with one attached hydrogen (secondary N) is 1. The molecule has 0 radical (unpaired) electrons. The summed E-state index contributed by atoms with van der Waals surface area (Å²) in [6.45, 7) is 1.51.